The molecule has 20 heavy (non-hydrogen) atoms. The Labute approximate surface area is 119 Å². The van der Waals surface area contributed by atoms with Crippen LogP contribution in [-0.2, 0) is 5.41 Å². The molecule has 1 aromatic heterocycles. The lowest BCUT2D eigenvalue weighted by Gasteiger charge is -2.20. The fourth-order valence-corrected chi connectivity index (χ4v) is 1.76. The maximum Gasteiger partial charge on any atom is 0.264 e. The summed E-state index contributed by atoms with van der Waals surface area (Å²) in [6.45, 7) is 8.80. The first-order chi connectivity index (χ1) is 9.18. The van der Waals surface area contributed by atoms with Gasteiger partial charge in [0, 0.05) is 25.6 Å². The molecule has 1 amide bonds. The Balaban J connectivity index is 3.15. The molecule has 0 saturated carbocycles. The van der Waals surface area contributed by atoms with Gasteiger partial charge in [0.2, 0.25) is 0 Å². The third kappa shape index (κ3) is 3.66. The van der Waals surface area contributed by atoms with Gasteiger partial charge in [0.1, 0.15) is 11.4 Å². The Kier molecular flexibility index (Phi) is 5.05. The summed E-state index contributed by atoms with van der Waals surface area (Å²) < 4.78 is 0. The standard InChI is InChI=1S/C14H24N4O2/c1-9-10(12(20)18(6)8-7-15-5)11(19)17-13(16-9)14(2,3)4/h15H,7-8H2,1-6H3,(H,16,17,19). The van der Waals surface area contributed by atoms with Crippen molar-refractivity contribution in [2.75, 3.05) is 27.2 Å². The Morgan fingerprint density at radius 1 is 1.40 bits per heavy atom. The van der Waals surface area contributed by atoms with Gasteiger partial charge >= 0.3 is 0 Å². The first-order valence-electron chi connectivity index (χ1n) is 6.70. The molecule has 0 aromatic carbocycles. The molecule has 0 aliphatic heterocycles. The number of aromatic amines is 1. The van der Waals surface area contributed by atoms with Gasteiger partial charge in [-0.2, -0.15) is 0 Å². The number of carbonyl (C=O) groups is 1. The number of hydrogen-bond donors (Lipinski definition) is 2. The highest BCUT2D eigenvalue weighted by Gasteiger charge is 2.23. The smallest absolute Gasteiger partial charge is 0.264 e. The quantitative estimate of drug-likeness (QED) is 0.849. The van der Waals surface area contributed by atoms with E-state index in [9.17, 15) is 9.59 Å². The van der Waals surface area contributed by atoms with Crippen molar-refractivity contribution in [1.82, 2.24) is 20.2 Å². The Morgan fingerprint density at radius 2 is 2.00 bits per heavy atom. The minimum absolute atomic E-state index is 0.122. The number of likely N-dealkylation sites (N-methyl/N-ethyl adjacent to an activating group) is 2. The molecule has 0 saturated heterocycles. The summed E-state index contributed by atoms with van der Waals surface area (Å²) in [5.41, 5.74) is -0.0379. The highest BCUT2D eigenvalue weighted by atomic mass is 16.2. The van der Waals surface area contributed by atoms with Crippen molar-refractivity contribution >= 4 is 5.91 Å². The van der Waals surface area contributed by atoms with Crippen molar-refractivity contribution in [1.29, 1.82) is 0 Å². The van der Waals surface area contributed by atoms with Crippen molar-refractivity contribution in [2.45, 2.75) is 33.1 Å². The molecule has 6 heteroatoms. The van der Waals surface area contributed by atoms with Gasteiger partial charge in [0.05, 0.1) is 5.69 Å². The molecule has 0 fully saturated rings. The summed E-state index contributed by atoms with van der Waals surface area (Å²) in [7, 11) is 3.49. The molecule has 6 nitrogen and oxygen atoms in total. The molecule has 0 atom stereocenters. The van der Waals surface area contributed by atoms with Crippen molar-refractivity contribution in [3.8, 4) is 0 Å². The zero-order chi connectivity index (χ0) is 15.5. The maximum atomic E-state index is 12.3. The number of hydrogen-bond acceptors (Lipinski definition) is 4. The van der Waals surface area contributed by atoms with Crippen LogP contribution in [0.2, 0.25) is 0 Å². The molecule has 1 rings (SSSR count). The van der Waals surface area contributed by atoms with Gasteiger partial charge in [-0.15, -0.1) is 0 Å². The van der Waals surface area contributed by atoms with Gasteiger partial charge in [-0.3, -0.25) is 9.59 Å². The van der Waals surface area contributed by atoms with E-state index in [0.29, 0.717) is 24.6 Å². The topological polar surface area (TPSA) is 78.1 Å². The van der Waals surface area contributed by atoms with E-state index in [4.69, 9.17) is 0 Å². The first kappa shape index (κ1) is 16.4. The maximum absolute atomic E-state index is 12.3. The van der Waals surface area contributed by atoms with Crippen LogP contribution in [0.4, 0.5) is 0 Å². The van der Waals surface area contributed by atoms with E-state index in [-0.39, 0.29) is 22.4 Å². The fourth-order valence-electron chi connectivity index (χ4n) is 1.76. The minimum atomic E-state index is -0.372. The van der Waals surface area contributed by atoms with Crippen LogP contribution < -0.4 is 10.9 Å². The zero-order valence-corrected chi connectivity index (χ0v) is 13.1. The molecule has 1 aromatic rings. The van der Waals surface area contributed by atoms with Gasteiger partial charge in [0.25, 0.3) is 11.5 Å². The predicted octanol–water partition coefficient (Wildman–Crippen LogP) is 0.667. The first-order valence-corrected chi connectivity index (χ1v) is 6.70. The molecule has 2 N–H and O–H groups in total. The largest absolute Gasteiger partial charge is 0.340 e. The van der Waals surface area contributed by atoms with Crippen molar-refractivity contribution in [2.24, 2.45) is 0 Å². The molecule has 0 radical (unpaired) electrons. The predicted molar refractivity (Wildman–Crippen MR) is 79.2 cm³/mol. The monoisotopic (exact) mass is 280 g/mol. The van der Waals surface area contributed by atoms with Gasteiger partial charge in [-0.05, 0) is 14.0 Å². The normalized spacial score (nSPS) is 11.5. The number of aromatic nitrogens is 2. The van der Waals surface area contributed by atoms with Crippen LogP contribution in [0.1, 0.15) is 42.6 Å². The lowest BCUT2D eigenvalue weighted by atomic mass is 9.95. The van der Waals surface area contributed by atoms with Crippen LogP contribution in [0, 0.1) is 6.92 Å². The van der Waals surface area contributed by atoms with Gasteiger partial charge in [-0.25, -0.2) is 4.98 Å². The van der Waals surface area contributed by atoms with Gasteiger partial charge in [0.15, 0.2) is 0 Å². The molecular formula is C14H24N4O2. The molecular weight excluding hydrogens is 256 g/mol. The molecule has 0 unspecified atom stereocenters. The lowest BCUT2D eigenvalue weighted by molar-refractivity contribution is 0.0793. The SMILES string of the molecule is CNCCN(C)C(=O)c1c(C)nc(C(C)(C)C)[nH]c1=O. The van der Waals surface area contributed by atoms with Crippen LogP contribution >= 0.6 is 0 Å². The van der Waals surface area contributed by atoms with E-state index >= 15 is 0 Å². The summed E-state index contributed by atoms with van der Waals surface area (Å²) in [4.78, 5) is 33.1. The Morgan fingerprint density at radius 3 is 2.45 bits per heavy atom. The van der Waals surface area contributed by atoms with Gasteiger partial charge in [-0.1, -0.05) is 20.8 Å². The van der Waals surface area contributed by atoms with Crippen LogP contribution in [0.25, 0.3) is 0 Å². The number of H-pyrrole nitrogens is 1. The van der Waals surface area contributed by atoms with Crippen molar-refractivity contribution in [3.63, 3.8) is 0 Å². The fraction of sp³-hybridized carbons (Fsp3) is 0.643. The van der Waals surface area contributed by atoms with E-state index in [1.807, 2.05) is 27.8 Å². The molecule has 0 bridgehead atoms. The number of rotatable bonds is 4. The zero-order valence-electron chi connectivity index (χ0n) is 13.1. The average molecular weight is 280 g/mol. The van der Waals surface area contributed by atoms with Crippen molar-refractivity contribution < 1.29 is 4.79 Å². The highest BCUT2D eigenvalue weighted by molar-refractivity contribution is 5.94. The minimum Gasteiger partial charge on any atom is -0.340 e. The van der Waals surface area contributed by atoms with Crippen LogP contribution in [0.15, 0.2) is 4.79 Å². The van der Waals surface area contributed by atoms with E-state index < -0.39 is 0 Å². The molecule has 0 aliphatic rings. The number of aryl methyl sites for hydroxylation is 1. The summed E-state index contributed by atoms with van der Waals surface area (Å²) in [5, 5.41) is 2.97. The van der Waals surface area contributed by atoms with E-state index in [1.165, 1.54) is 4.90 Å². The number of nitrogens with zero attached hydrogens (tertiary/aromatic N) is 2. The van der Waals surface area contributed by atoms with Crippen LogP contribution in [0.5, 0.6) is 0 Å². The second-order valence-corrected chi connectivity index (χ2v) is 5.96. The third-order valence-corrected chi connectivity index (χ3v) is 3.07. The average Bonchev–Trinajstić information content (AvgIpc) is 2.33. The molecule has 1 heterocycles. The van der Waals surface area contributed by atoms with Crippen LogP contribution in [0.3, 0.4) is 0 Å². The molecule has 112 valence electrons. The van der Waals surface area contributed by atoms with E-state index in [2.05, 4.69) is 15.3 Å². The third-order valence-electron chi connectivity index (χ3n) is 3.07. The second-order valence-electron chi connectivity index (χ2n) is 5.96. The summed E-state index contributed by atoms with van der Waals surface area (Å²) in [6.07, 6.45) is 0. The second kappa shape index (κ2) is 6.17. The van der Waals surface area contributed by atoms with E-state index in [1.54, 1.807) is 14.0 Å². The van der Waals surface area contributed by atoms with Crippen molar-refractivity contribution in [3.05, 3.63) is 27.4 Å². The lowest BCUT2D eigenvalue weighted by Crippen LogP contribution is -2.37. The molecule has 0 aliphatic carbocycles. The Bertz CT molecular complexity index is 543. The highest BCUT2D eigenvalue weighted by Crippen LogP contribution is 2.17. The summed E-state index contributed by atoms with van der Waals surface area (Å²) in [6, 6.07) is 0. The number of carbonyl (C=O) groups excluding carboxylic acids is 1. The van der Waals surface area contributed by atoms with Gasteiger partial charge < -0.3 is 15.2 Å². The number of amides is 1. The Hall–Kier alpha value is -1.69. The summed E-state index contributed by atoms with van der Waals surface area (Å²) >= 11 is 0. The van der Waals surface area contributed by atoms with E-state index in [0.717, 1.165) is 0 Å². The number of nitrogens with one attached hydrogen (secondary N) is 2. The van der Waals surface area contributed by atoms with Crippen LogP contribution in [-0.4, -0.2) is 48.0 Å². The molecule has 0 spiro atoms. The summed E-state index contributed by atoms with van der Waals surface area (Å²) in [5.74, 6) is 0.293.